The van der Waals surface area contributed by atoms with Crippen LogP contribution in [0.15, 0.2) is 17.5 Å². The highest BCUT2D eigenvalue weighted by molar-refractivity contribution is 7.09. The molecular formula is C15H22N2O2S. The van der Waals surface area contributed by atoms with Gasteiger partial charge in [0, 0.05) is 24.4 Å². The average molecular weight is 294 g/mol. The van der Waals surface area contributed by atoms with E-state index in [2.05, 4.69) is 11.4 Å². The van der Waals surface area contributed by atoms with Crippen molar-refractivity contribution < 1.29 is 9.59 Å². The standard InChI is InChI=1S/C15H22N2O2S/c1-3-15(4-2)14(19)17(10-8-13(18)16-15)9-7-12-6-5-11-20-12/h5-6,11H,3-4,7-10H2,1-2H3,(H,16,18). The van der Waals surface area contributed by atoms with Gasteiger partial charge in [-0.2, -0.15) is 0 Å². The third kappa shape index (κ3) is 3.03. The fraction of sp³-hybridized carbons (Fsp3) is 0.600. The van der Waals surface area contributed by atoms with E-state index in [-0.39, 0.29) is 11.8 Å². The van der Waals surface area contributed by atoms with Gasteiger partial charge in [0.25, 0.3) is 0 Å². The van der Waals surface area contributed by atoms with Crippen molar-refractivity contribution in [1.82, 2.24) is 10.2 Å². The molecular weight excluding hydrogens is 272 g/mol. The van der Waals surface area contributed by atoms with Crippen molar-refractivity contribution in [3.63, 3.8) is 0 Å². The van der Waals surface area contributed by atoms with Crippen molar-refractivity contribution in [2.45, 2.75) is 45.1 Å². The lowest BCUT2D eigenvalue weighted by Crippen LogP contribution is -2.56. The molecule has 2 rings (SSSR count). The zero-order valence-corrected chi connectivity index (χ0v) is 13.0. The van der Waals surface area contributed by atoms with E-state index in [0.29, 0.717) is 32.4 Å². The average Bonchev–Trinajstić information content (AvgIpc) is 2.93. The first-order valence-corrected chi connectivity index (χ1v) is 8.12. The topological polar surface area (TPSA) is 49.4 Å². The van der Waals surface area contributed by atoms with Crippen LogP contribution < -0.4 is 5.32 Å². The maximum absolute atomic E-state index is 12.7. The molecule has 2 heterocycles. The summed E-state index contributed by atoms with van der Waals surface area (Å²) in [6, 6.07) is 4.11. The zero-order valence-electron chi connectivity index (χ0n) is 12.1. The maximum Gasteiger partial charge on any atom is 0.248 e. The summed E-state index contributed by atoms with van der Waals surface area (Å²) in [5, 5.41) is 4.99. The largest absolute Gasteiger partial charge is 0.342 e. The smallest absolute Gasteiger partial charge is 0.248 e. The predicted molar refractivity (Wildman–Crippen MR) is 80.7 cm³/mol. The fourth-order valence-electron chi connectivity index (χ4n) is 2.67. The molecule has 110 valence electrons. The fourth-order valence-corrected chi connectivity index (χ4v) is 3.36. The highest BCUT2D eigenvalue weighted by atomic mass is 32.1. The molecule has 1 aromatic heterocycles. The molecule has 5 heteroatoms. The lowest BCUT2D eigenvalue weighted by Gasteiger charge is -2.33. The highest BCUT2D eigenvalue weighted by Gasteiger charge is 2.41. The maximum atomic E-state index is 12.7. The molecule has 0 spiro atoms. The van der Waals surface area contributed by atoms with Crippen LogP contribution in [0.2, 0.25) is 0 Å². The molecule has 1 aliphatic heterocycles. The molecule has 0 atom stereocenters. The lowest BCUT2D eigenvalue weighted by molar-refractivity contribution is -0.139. The lowest BCUT2D eigenvalue weighted by atomic mass is 9.91. The molecule has 1 aromatic rings. The first-order chi connectivity index (χ1) is 9.61. The van der Waals surface area contributed by atoms with Gasteiger partial charge in [-0.15, -0.1) is 11.3 Å². The van der Waals surface area contributed by atoms with Crippen LogP contribution in [0.1, 0.15) is 38.0 Å². The van der Waals surface area contributed by atoms with Gasteiger partial charge >= 0.3 is 0 Å². The number of amides is 2. The van der Waals surface area contributed by atoms with Crippen molar-refractivity contribution in [1.29, 1.82) is 0 Å². The van der Waals surface area contributed by atoms with Crippen LogP contribution in [-0.4, -0.2) is 35.3 Å². The van der Waals surface area contributed by atoms with Gasteiger partial charge in [-0.25, -0.2) is 0 Å². The van der Waals surface area contributed by atoms with Crippen LogP contribution in [-0.2, 0) is 16.0 Å². The van der Waals surface area contributed by atoms with Gasteiger partial charge in [0.1, 0.15) is 5.54 Å². The summed E-state index contributed by atoms with van der Waals surface area (Å²) in [5.41, 5.74) is -0.705. The summed E-state index contributed by atoms with van der Waals surface area (Å²) in [4.78, 5) is 27.7. The molecule has 0 aliphatic carbocycles. The van der Waals surface area contributed by atoms with Crippen molar-refractivity contribution in [3.05, 3.63) is 22.4 Å². The van der Waals surface area contributed by atoms with Gasteiger partial charge in [-0.1, -0.05) is 19.9 Å². The Labute approximate surface area is 124 Å². The molecule has 1 saturated heterocycles. The van der Waals surface area contributed by atoms with Crippen LogP contribution in [0.4, 0.5) is 0 Å². The first kappa shape index (κ1) is 15.0. The van der Waals surface area contributed by atoms with Gasteiger partial charge in [0.15, 0.2) is 0 Å². The van der Waals surface area contributed by atoms with Crippen molar-refractivity contribution >= 4 is 23.2 Å². The Morgan fingerprint density at radius 1 is 1.35 bits per heavy atom. The van der Waals surface area contributed by atoms with E-state index in [1.54, 1.807) is 11.3 Å². The predicted octanol–water partition coefficient (Wildman–Crippen LogP) is 2.20. The Morgan fingerprint density at radius 2 is 2.10 bits per heavy atom. The van der Waals surface area contributed by atoms with Crippen LogP contribution in [0.3, 0.4) is 0 Å². The normalized spacial score (nSPS) is 18.8. The zero-order chi connectivity index (χ0) is 14.6. The second-order valence-electron chi connectivity index (χ2n) is 5.21. The number of hydrogen-bond donors (Lipinski definition) is 1. The van der Waals surface area contributed by atoms with E-state index in [1.165, 1.54) is 4.88 Å². The Morgan fingerprint density at radius 3 is 2.70 bits per heavy atom. The number of nitrogens with zero attached hydrogens (tertiary/aromatic N) is 1. The Kier molecular flexibility index (Phi) is 4.81. The second kappa shape index (κ2) is 6.39. The number of hydrogen-bond acceptors (Lipinski definition) is 3. The SMILES string of the molecule is CCC1(CC)NC(=O)CCN(CCc2cccs2)C1=O. The molecule has 1 aliphatic rings. The van der Waals surface area contributed by atoms with Gasteiger partial charge < -0.3 is 10.2 Å². The van der Waals surface area contributed by atoms with Gasteiger partial charge in [-0.05, 0) is 30.7 Å². The molecule has 1 N–H and O–H groups in total. The highest BCUT2D eigenvalue weighted by Crippen LogP contribution is 2.22. The summed E-state index contributed by atoms with van der Waals surface area (Å²) >= 11 is 1.71. The number of carbonyl (C=O) groups is 2. The Balaban J connectivity index is 2.11. The van der Waals surface area contributed by atoms with E-state index in [1.807, 2.05) is 30.2 Å². The minimum absolute atomic E-state index is 0.0133. The molecule has 1 fully saturated rings. The molecule has 20 heavy (non-hydrogen) atoms. The number of thiophene rings is 1. The van der Waals surface area contributed by atoms with Crippen LogP contribution >= 0.6 is 11.3 Å². The molecule has 4 nitrogen and oxygen atoms in total. The van der Waals surface area contributed by atoms with E-state index in [4.69, 9.17) is 0 Å². The summed E-state index contributed by atoms with van der Waals surface area (Å²) in [6.07, 6.45) is 2.55. The number of rotatable bonds is 5. The summed E-state index contributed by atoms with van der Waals surface area (Å²) < 4.78 is 0. The molecule has 0 saturated carbocycles. The van der Waals surface area contributed by atoms with Crippen LogP contribution in [0.25, 0.3) is 0 Å². The minimum atomic E-state index is -0.705. The van der Waals surface area contributed by atoms with Gasteiger partial charge in [0.05, 0.1) is 0 Å². The van der Waals surface area contributed by atoms with Crippen molar-refractivity contribution in [2.24, 2.45) is 0 Å². The van der Waals surface area contributed by atoms with E-state index >= 15 is 0 Å². The van der Waals surface area contributed by atoms with Crippen LogP contribution in [0, 0.1) is 0 Å². The molecule has 0 bridgehead atoms. The third-order valence-corrected chi connectivity index (χ3v) is 5.04. The van der Waals surface area contributed by atoms with Crippen molar-refractivity contribution in [3.8, 4) is 0 Å². The second-order valence-corrected chi connectivity index (χ2v) is 6.24. The van der Waals surface area contributed by atoms with E-state index in [9.17, 15) is 9.59 Å². The van der Waals surface area contributed by atoms with E-state index < -0.39 is 5.54 Å². The quantitative estimate of drug-likeness (QED) is 0.905. The third-order valence-electron chi connectivity index (χ3n) is 4.10. The summed E-state index contributed by atoms with van der Waals surface area (Å²) in [6.45, 7) is 5.14. The van der Waals surface area contributed by atoms with Crippen molar-refractivity contribution in [2.75, 3.05) is 13.1 Å². The molecule has 2 amide bonds. The van der Waals surface area contributed by atoms with Crippen LogP contribution in [0.5, 0.6) is 0 Å². The monoisotopic (exact) mass is 294 g/mol. The molecule has 0 unspecified atom stereocenters. The molecule has 0 radical (unpaired) electrons. The Bertz CT molecular complexity index is 466. The summed E-state index contributed by atoms with van der Waals surface area (Å²) in [5.74, 6) is 0.0607. The van der Waals surface area contributed by atoms with Gasteiger partial charge in [0.2, 0.25) is 11.8 Å². The molecule has 0 aromatic carbocycles. The van der Waals surface area contributed by atoms with Gasteiger partial charge in [-0.3, -0.25) is 9.59 Å². The number of carbonyl (C=O) groups excluding carboxylic acids is 2. The minimum Gasteiger partial charge on any atom is -0.342 e. The van der Waals surface area contributed by atoms with E-state index in [0.717, 1.165) is 6.42 Å². The number of nitrogens with one attached hydrogen (secondary N) is 1. The summed E-state index contributed by atoms with van der Waals surface area (Å²) in [7, 11) is 0. The first-order valence-electron chi connectivity index (χ1n) is 7.24. The Hall–Kier alpha value is -1.36.